The van der Waals surface area contributed by atoms with Crippen molar-refractivity contribution < 1.29 is 9.53 Å². The highest BCUT2D eigenvalue weighted by atomic mass is 35.5. The van der Waals surface area contributed by atoms with E-state index in [0.29, 0.717) is 24.4 Å². The molecule has 6 heteroatoms. The van der Waals surface area contributed by atoms with E-state index in [2.05, 4.69) is 5.32 Å². The monoisotopic (exact) mass is 304 g/mol. The highest BCUT2D eigenvalue weighted by Crippen LogP contribution is 2.28. The molecular weight excluding hydrogens is 287 g/mol. The molecule has 0 aliphatic heterocycles. The third kappa shape index (κ3) is 5.27. The summed E-state index contributed by atoms with van der Waals surface area (Å²) in [6.07, 6.45) is 1.74. The molecule has 1 aromatic rings. The fourth-order valence-electron chi connectivity index (χ4n) is 1.49. The fourth-order valence-corrected chi connectivity index (χ4v) is 1.92. The standard InChI is InChI=1S/C13H18Cl2N2O2/c1-2-5-19-6-3-4-17-13(18)10-7-9(16)8-11(14)12(10)15/h7-8H,2-6,16H2,1H3,(H,17,18). The molecule has 106 valence electrons. The van der Waals surface area contributed by atoms with E-state index in [1.807, 2.05) is 6.92 Å². The largest absolute Gasteiger partial charge is 0.399 e. The number of nitrogens with one attached hydrogen (secondary N) is 1. The first-order chi connectivity index (χ1) is 9.06. The molecule has 0 heterocycles. The van der Waals surface area contributed by atoms with Gasteiger partial charge in [0.05, 0.1) is 15.6 Å². The molecule has 1 aromatic carbocycles. The lowest BCUT2D eigenvalue weighted by atomic mass is 10.2. The van der Waals surface area contributed by atoms with Crippen molar-refractivity contribution in [3.8, 4) is 0 Å². The molecule has 0 radical (unpaired) electrons. The van der Waals surface area contributed by atoms with E-state index in [9.17, 15) is 4.79 Å². The number of hydrogen-bond acceptors (Lipinski definition) is 3. The molecule has 0 bridgehead atoms. The molecule has 0 aliphatic carbocycles. The van der Waals surface area contributed by atoms with E-state index in [1.165, 1.54) is 12.1 Å². The van der Waals surface area contributed by atoms with Crippen LogP contribution >= 0.6 is 23.2 Å². The Hall–Kier alpha value is -0.970. The third-order valence-electron chi connectivity index (χ3n) is 2.39. The molecule has 1 amide bonds. The summed E-state index contributed by atoms with van der Waals surface area (Å²) < 4.78 is 5.31. The van der Waals surface area contributed by atoms with Crippen LogP contribution < -0.4 is 11.1 Å². The lowest BCUT2D eigenvalue weighted by Crippen LogP contribution is -2.25. The molecule has 0 atom stereocenters. The van der Waals surface area contributed by atoms with Gasteiger partial charge in [-0.05, 0) is 25.0 Å². The van der Waals surface area contributed by atoms with Crippen LogP contribution in [-0.4, -0.2) is 25.7 Å². The van der Waals surface area contributed by atoms with Gasteiger partial charge >= 0.3 is 0 Å². The van der Waals surface area contributed by atoms with Crippen LogP contribution in [0, 0.1) is 0 Å². The quantitative estimate of drug-likeness (QED) is 0.601. The molecule has 1 rings (SSSR count). The number of hydrogen-bond donors (Lipinski definition) is 2. The second kappa shape index (κ2) is 8.25. The van der Waals surface area contributed by atoms with Crippen molar-refractivity contribution in [2.75, 3.05) is 25.5 Å². The number of halogens is 2. The summed E-state index contributed by atoms with van der Waals surface area (Å²) in [5, 5.41) is 3.25. The predicted octanol–water partition coefficient (Wildman–Crippen LogP) is 3.12. The number of nitrogens with two attached hydrogens (primary N) is 1. The average molecular weight is 305 g/mol. The van der Waals surface area contributed by atoms with Crippen molar-refractivity contribution in [1.82, 2.24) is 5.32 Å². The third-order valence-corrected chi connectivity index (χ3v) is 3.20. The number of rotatable bonds is 7. The lowest BCUT2D eigenvalue weighted by molar-refractivity contribution is 0.0941. The Bertz CT molecular complexity index is 439. The van der Waals surface area contributed by atoms with Gasteiger partial charge < -0.3 is 15.8 Å². The predicted molar refractivity (Wildman–Crippen MR) is 78.9 cm³/mol. The van der Waals surface area contributed by atoms with Gasteiger partial charge in [0.25, 0.3) is 5.91 Å². The Balaban J connectivity index is 2.46. The Morgan fingerprint density at radius 2 is 2.11 bits per heavy atom. The summed E-state index contributed by atoms with van der Waals surface area (Å²) in [7, 11) is 0. The first-order valence-corrected chi connectivity index (χ1v) is 6.92. The zero-order valence-electron chi connectivity index (χ0n) is 10.8. The Morgan fingerprint density at radius 3 is 2.79 bits per heavy atom. The van der Waals surface area contributed by atoms with Gasteiger partial charge in [-0.25, -0.2) is 0 Å². The van der Waals surface area contributed by atoms with E-state index in [1.54, 1.807) is 0 Å². The Morgan fingerprint density at radius 1 is 1.37 bits per heavy atom. The maximum absolute atomic E-state index is 11.9. The van der Waals surface area contributed by atoms with Gasteiger partial charge in [0, 0.05) is 25.4 Å². The summed E-state index contributed by atoms with van der Waals surface area (Å²) in [6, 6.07) is 3.02. The minimum absolute atomic E-state index is 0.218. The maximum Gasteiger partial charge on any atom is 0.252 e. The Labute approximate surface area is 123 Å². The number of anilines is 1. The zero-order valence-corrected chi connectivity index (χ0v) is 12.4. The zero-order chi connectivity index (χ0) is 14.3. The van der Waals surface area contributed by atoms with Crippen LogP contribution in [0.25, 0.3) is 0 Å². The van der Waals surface area contributed by atoms with Gasteiger partial charge in [0.2, 0.25) is 0 Å². The fraction of sp³-hybridized carbons (Fsp3) is 0.462. The van der Waals surface area contributed by atoms with Crippen molar-refractivity contribution >= 4 is 34.8 Å². The topological polar surface area (TPSA) is 64.3 Å². The first kappa shape index (κ1) is 16.1. The molecule has 4 nitrogen and oxygen atoms in total. The molecule has 0 saturated carbocycles. The van der Waals surface area contributed by atoms with Crippen LogP contribution in [0.2, 0.25) is 10.0 Å². The minimum Gasteiger partial charge on any atom is -0.399 e. The molecule has 0 aromatic heterocycles. The molecule has 3 N–H and O–H groups in total. The molecule has 0 saturated heterocycles. The maximum atomic E-state index is 11.9. The van der Waals surface area contributed by atoms with Crippen molar-refractivity contribution in [1.29, 1.82) is 0 Å². The number of ether oxygens (including phenoxy) is 1. The van der Waals surface area contributed by atoms with E-state index < -0.39 is 0 Å². The van der Waals surface area contributed by atoms with Crippen molar-refractivity contribution in [3.63, 3.8) is 0 Å². The summed E-state index contributed by atoms with van der Waals surface area (Å²) in [5.41, 5.74) is 6.33. The van der Waals surface area contributed by atoms with Crippen LogP contribution in [0.1, 0.15) is 30.1 Å². The van der Waals surface area contributed by atoms with Gasteiger partial charge in [0.1, 0.15) is 0 Å². The first-order valence-electron chi connectivity index (χ1n) is 6.16. The van der Waals surface area contributed by atoms with Crippen LogP contribution in [0.3, 0.4) is 0 Å². The van der Waals surface area contributed by atoms with Gasteiger partial charge in [-0.2, -0.15) is 0 Å². The summed E-state index contributed by atoms with van der Waals surface area (Å²) in [5.74, 6) is -0.283. The molecule has 0 aliphatic rings. The number of amides is 1. The summed E-state index contributed by atoms with van der Waals surface area (Å²) in [6.45, 7) is 3.93. The van der Waals surface area contributed by atoms with Crippen LogP contribution in [0.15, 0.2) is 12.1 Å². The van der Waals surface area contributed by atoms with E-state index in [4.69, 9.17) is 33.7 Å². The highest BCUT2D eigenvalue weighted by Gasteiger charge is 2.13. The van der Waals surface area contributed by atoms with Gasteiger partial charge in [-0.1, -0.05) is 30.1 Å². The summed E-state index contributed by atoms with van der Waals surface area (Å²) >= 11 is 11.8. The normalized spacial score (nSPS) is 10.5. The molecule has 19 heavy (non-hydrogen) atoms. The van der Waals surface area contributed by atoms with Gasteiger partial charge in [-0.3, -0.25) is 4.79 Å². The molecule has 0 unspecified atom stereocenters. The van der Waals surface area contributed by atoms with E-state index in [0.717, 1.165) is 19.4 Å². The van der Waals surface area contributed by atoms with E-state index >= 15 is 0 Å². The summed E-state index contributed by atoms with van der Waals surface area (Å²) in [4.78, 5) is 11.9. The van der Waals surface area contributed by atoms with Crippen LogP contribution in [-0.2, 0) is 4.74 Å². The smallest absolute Gasteiger partial charge is 0.252 e. The molecular formula is C13H18Cl2N2O2. The van der Waals surface area contributed by atoms with E-state index in [-0.39, 0.29) is 16.0 Å². The highest BCUT2D eigenvalue weighted by molar-refractivity contribution is 6.44. The number of carbonyl (C=O) groups is 1. The number of nitrogen functional groups attached to an aromatic ring is 1. The van der Waals surface area contributed by atoms with Gasteiger partial charge in [-0.15, -0.1) is 0 Å². The van der Waals surface area contributed by atoms with Crippen molar-refractivity contribution in [2.45, 2.75) is 19.8 Å². The van der Waals surface area contributed by atoms with Crippen molar-refractivity contribution in [3.05, 3.63) is 27.7 Å². The SMILES string of the molecule is CCCOCCCNC(=O)c1cc(N)cc(Cl)c1Cl. The number of benzene rings is 1. The second-order valence-corrected chi connectivity index (χ2v) is 4.87. The van der Waals surface area contributed by atoms with Crippen LogP contribution in [0.5, 0.6) is 0 Å². The van der Waals surface area contributed by atoms with Crippen molar-refractivity contribution in [2.24, 2.45) is 0 Å². The minimum atomic E-state index is -0.283. The lowest BCUT2D eigenvalue weighted by Gasteiger charge is -2.09. The Kier molecular flexibility index (Phi) is 6.99. The van der Waals surface area contributed by atoms with Gasteiger partial charge in [0.15, 0.2) is 0 Å². The average Bonchev–Trinajstić information content (AvgIpc) is 2.37. The molecule has 0 spiro atoms. The second-order valence-electron chi connectivity index (χ2n) is 4.09. The van der Waals surface area contributed by atoms with Crippen LogP contribution in [0.4, 0.5) is 5.69 Å². The number of carbonyl (C=O) groups excluding carboxylic acids is 1. The molecule has 0 fully saturated rings.